The normalized spacial score (nSPS) is 10.9. The summed E-state index contributed by atoms with van der Waals surface area (Å²) in [6, 6.07) is 19.2. The van der Waals surface area contributed by atoms with Crippen LogP contribution < -0.4 is 5.32 Å². The van der Waals surface area contributed by atoms with Crippen molar-refractivity contribution < 1.29 is 9.21 Å². The summed E-state index contributed by atoms with van der Waals surface area (Å²) in [7, 11) is 0. The number of fused-ring (bicyclic) bond motifs is 1. The molecule has 0 atom stereocenters. The van der Waals surface area contributed by atoms with Crippen LogP contribution in [0.4, 0.5) is 5.69 Å². The summed E-state index contributed by atoms with van der Waals surface area (Å²) in [5.74, 6) is 1.49. The number of carbonyl (C=O) groups excluding carboxylic acids is 1. The monoisotopic (exact) mass is 331 g/mol. The van der Waals surface area contributed by atoms with Gasteiger partial charge in [-0.15, -0.1) is 0 Å². The highest BCUT2D eigenvalue weighted by atomic mass is 16.3. The van der Waals surface area contributed by atoms with Gasteiger partial charge in [0.2, 0.25) is 5.91 Å². The number of hydrogen-bond donors (Lipinski definition) is 2. The topological polar surface area (TPSA) is 70.9 Å². The Bertz CT molecular complexity index is 970. The summed E-state index contributed by atoms with van der Waals surface area (Å²) in [6.07, 6.45) is 2.55. The summed E-state index contributed by atoms with van der Waals surface area (Å²) >= 11 is 0. The first-order chi connectivity index (χ1) is 12.3. The van der Waals surface area contributed by atoms with Gasteiger partial charge in [0.15, 0.2) is 0 Å². The molecule has 0 saturated heterocycles. The molecule has 0 fully saturated rings. The summed E-state index contributed by atoms with van der Waals surface area (Å²) in [4.78, 5) is 20.2. The van der Waals surface area contributed by atoms with Crippen LogP contribution in [0.2, 0.25) is 0 Å². The number of nitrogens with one attached hydrogen (secondary N) is 2. The molecule has 1 amide bonds. The lowest BCUT2D eigenvalue weighted by atomic mass is 10.1. The number of anilines is 1. The Hall–Kier alpha value is -3.34. The van der Waals surface area contributed by atoms with Gasteiger partial charge in [-0.3, -0.25) is 4.79 Å². The first-order valence-electron chi connectivity index (χ1n) is 8.16. The Morgan fingerprint density at radius 1 is 1.04 bits per heavy atom. The van der Waals surface area contributed by atoms with E-state index in [0.717, 1.165) is 33.9 Å². The first-order valence-corrected chi connectivity index (χ1v) is 8.16. The zero-order chi connectivity index (χ0) is 17.1. The number of furan rings is 1. The van der Waals surface area contributed by atoms with Crippen molar-refractivity contribution in [1.29, 1.82) is 0 Å². The lowest BCUT2D eigenvalue weighted by Gasteiger charge is -2.09. The van der Waals surface area contributed by atoms with E-state index in [2.05, 4.69) is 15.3 Å². The number of carbonyl (C=O) groups is 1. The van der Waals surface area contributed by atoms with Crippen LogP contribution in [0.15, 0.2) is 71.3 Å². The van der Waals surface area contributed by atoms with Gasteiger partial charge in [0.25, 0.3) is 0 Å². The highest BCUT2D eigenvalue weighted by molar-refractivity contribution is 5.95. The van der Waals surface area contributed by atoms with Gasteiger partial charge in [0.1, 0.15) is 11.6 Å². The first kappa shape index (κ1) is 15.2. The highest BCUT2D eigenvalue weighted by Gasteiger charge is 2.12. The number of imidazole rings is 1. The summed E-state index contributed by atoms with van der Waals surface area (Å²) < 4.78 is 5.27. The van der Waals surface area contributed by atoms with Crippen molar-refractivity contribution in [2.75, 3.05) is 5.32 Å². The maximum Gasteiger partial charge on any atom is 0.224 e. The third-order valence-electron chi connectivity index (χ3n) is 4.02. The number of hydrogen-bond acceptors (Lipinski definition) is 3. The zero-order valence-electron chi connectivity index (χ0n) is 13.5. The van der Waals surface area contributed by atoms with Crippen LogP contribution in [-0.2, 0) is 11.2 Å². The molecule has 0 unspecified atom stereocenters. The Kier molecular flexibility index (Phi) is 4.04. The summed E-state index contributed by atoms with van der Waals surface area (Å²) in [5, 5.41) is 2.98. The molecule has 25 heavy (non-hydrogen) atoms. The Morgan fingerprint density at radius 2 is 1.88 bits per heavy atom. The van der Waals surface area contributed by atoms with E-state index in [0.29, 0.717) is 12.8 Å². The van der Waals surface area contributed by atoms with Crippen molar-refractivity contribution in [2.45, 2.75) is 12.8 Å². The van der Waals surface area contributed by atoms with Gasteiger partial charge < -0.3 is 14.7 Å². The van der Waals surface area contributed by atoms with Crippen LogP contribution >= 0.6 is 0 Å². The fraction of sp³-hybridized carbons (Fsp3) is 0.100. The average molecular weight is 331 g/mol. The SMILES string of the molecule is O=C(CCc1ccco1)Nc1ccccc1-c1nc2ccccc2[nH]1. The van der Waals surface area contributed by atoms with Gasteiger partial charge in [-0.05, 0) is 36.4 Å². The number of aromatic amines is 1. The van der Waals surface area contributed by atoms with Crippen molar-refractivity contribution in [3.63, 3.8) is 0 Å². The van der Waals surface area contributed by atoms with Gasteiger partial charge in [-0.2, -0.15) is 0 Å². The minimum absolute atomic E-state index is 0.0556. The van der Waals surface area contributed by atoms with Crippen molar-refractivity contribution >= 4 is 22.6 Å². The maximum absolute atomic E-state index is 12.3. The van der Waals surface area contributed by atoms with Crippen LogP contribution in [-0.4, -0.2) is 15.9 Å². The smallest absolute Gasteiger partial charge is 0.224 e. The molecule has 0 aliphatic carbocycles. The van der Waals surface area contributed by atoms with Crippen molar-refractivity contribution in [1.82, 2.24) is 9.97 Å². The quantitative estimate of drug-likeness (QED) is 0.569. The largest absolute Gasteiger partial charge is 0.469 e. The van der Waals surface area contributed by atoms with Crippen LogP contribution in [0, 0.1) is 0 Å². The molecule has 5 nitrogen and oxygen atoms in total. The molecule has 0 radical (unpaired) electrons. The molecule has 0 aliphatic rings. The molecule has 0 aliphatic heterocycles. The van der Waals surface area contributed by atoms with E-state index in [1.54, 1.807) is 6.26 Å². The number of rotatable bonds is 5. The second-order valence-corrected chi connectivity index (χ2v) is 5.78. The molecule has 4 aromatic rings. The fourth-order valence-electron chi connectivity index (χ4n) is 2.78. The Balaban J connectivity index is 1.55. The van der Waals surface area contributed by atoms with Gasteiger partial charge in [-0.25, -0.2) is 4.98 Å². The van der Waals surface area contributed by atoms with E-state index < -0.39 is 0 Å². The third-order valence-corrected chi connectivity index (χ3v) is 4.02. The molecular weight excluding hydrogens is 314 g/mol. The number of nitrogens with zero attached hydrogens (tertiary/aromatic N) is 1. The van der Waals surface area contributed by atoms with Crippen molar-refractivity contribution in [3.05, 3.63) is 72.7 Å². The zero-order valence-corrected chi connectivity index (χ0v) is 13.5. The molecule has 124 valence electrons. The number of aromatic nitrogens is 2. The van der Waals surface area contributed by atoms with E-state index in [9.17, 15) is 4.79 Å². The lowest BCUT2D eigenvalue weighted by Crippen LogP contribution is -2.13. The molecule has 2 aromatic heterocycles. The maximum atomic E-state index is 12.3. The number of benzene rings is 2. The molecule has 2 aromatic carbocycles. The van der Waals surface area contributed by atoms with E-state index in [1.807, 2.05) is 60.7 Å². The summed E-state index contributed by atoms with van der Waals surface area (Å²) in [5.41, 5.74) is 3.48. The van der Waals surface area contributed by atoms with Gasteiger partial charge in [0, 0.05) is 18.4 Å². The third kappa shape index (κ3) is 3.30. The minimum Gasteiger partial charge on any atom is -0.469 e. The number of para-hydroxylation sites is 3. The van der Waals surface area contributed by atoms with Crippen molar-refractivity contribution in [3.8, 4) is 11.4 Å². The standard InChI is InChI=1S/C20H17N3O2/c24-19(12-11-14-6-5-13-25-14)21-16-8-2-1-7-15(16)20-22-17-9-3-4-10-18(17)23-20/h1-10,13H,11-12H2,(H,21,24)(H,22,23). The lowest BCUT2D eigenvalue weighted by molar-refractivity contribution is -0.116. The molecular formula is C20H17N3O2. The van der Waals surface area contributed by atoms with Crippen LogP contribution in [0.1, 0.15) is 12.2 Å². The fourth-order valence-corrected chi connectivity index (χ4v) is 2.78. The molecule has 0 bridgehead atoms. The van der Waals surface area contributed by atoms with Crippen LogP contribution in [0.3, 0.4) is 0 Å². The predicted octanol–water partition coefficient (Wildman–Crippen LogP) is 4.39. The molecule has 5 heteroatoms. The average Bonchev–Trinajstić information content (AvgIpc) is 3.30. The van der Waals surface area contributed by atoms with Gasteiger partial charge in [-0.1, -0.05) is 24.3 Å². The molecule has 0 spiro atoms. The number of aryl methyl sites for hydroxylation is 1. The Morgan fingerprint density at radius 3 is 2.72 bits per heavy atom. The number of amides is 1. The van der Waals surface area contributed by atoms with E-state index >= 15 is 0 Å². The van der Waals surface area contributed by atoms with E-state index in [-0.39, 0.29) is 5.91 Å². The van der Waals surface area contributed by atoms with E-state index in [1.165, 1.54) is 0 Å². The summed E-state index contributed by atoms with van der Waals surface area (Å²) in [6.45, 7) is 0. The van der Waals surface area contributed by atoms with Crippen molar-refractivity contribution in [2.24, 2.45) is 0 Å². The van der Waals surface area contributed by atoms with Gasteiger partial charge in [0.05, 0.1) is 23.0 Å². The van der Waals surface area contributed by atoms with Gasteiger partial charge >= 0.3 is 0 Å². The number of H-pyrrole nitrogens is 1. The highest BCUT2D eigenvalue weighted by Crippen LogP contribution is 2.27. The second-order valence-electron chi connectivity index (χ2n) is 5.78. The minimum atomic E-state index is -0.0556. The van der Waals surface area contributed by atoms with Crippen LogP contribution in [0.25, 0.3) is 22.4 Å². The molecule has 2 N–H and O–H groups in total. The predicted molar refractivity (Wildman–Crippen MR) is 97.2 cm³/mol. The van der Waals surface area contributed by atoms with E-state index in [4.69, 9.17) is 4.42 Å². The molecule has 0 saturated carbocycles. The van der Waals surface area contributed by atoms with Crippen LogP contribution in [0.5, 0.6) is 0 Å². The molecule has 4 rings (SSSR count). The molecule has 2 heterocycles. The Labute approximate surface area is 144 Å². The second kappa shape index (κ2) is 6.65.